The van der Waals surface area contributed by atoms with Crippen LogP contribution in [0.2, 0.25) is 0 Å². The van der Waals surface area contributed by atoms with Crippen molar-refractivity contribution in [2.45, 2.75) is 25.2 Å². The van der Waals surface area contributed by atoms with Gasteiger partial charge in [-0.15, -0.1) is 23.1 Å². The van der Waals surface area contributed by atoms with Crippen molar-refractivity contribution in [3.63, 3.8) is 0 Å². The van der Waals surface area contributed by atoms with Gasteiger partial charge in [-0.3, -0.25) is 14.5 Å². The number of hydrogen-bond acceptors (Lipinski definition) is 7. The van der Waals surface area contributed by atoms with Crippen LogP contribution in [0.15, 0.2) is 35.2 Å². The molecular formula is C22H30N4O3S2. The lowest BCUT2D eigenvalue weighted by atomic mass is 10.3. The van der Waals surface area contributed by atoms with Crippen molar-refractivity contribution in [1.82, 2.24) is 14.8 Å². The summed E-state index contributed by atoms with van der Waals surface area (Å²) in [5.74, 6) is 0.0697. The first-order valence-electron chi connectivity index (χ1n) is 10.5. The fourth-order valence-corrected chi connectivity index (χ4v) is 4.87. The number of carbonyl (C=O) groups excluding carboxylic acids is 2. The molecule has 0 bridgehead atoms. The number of thiazole rings is 1. The summed E-state index contributed by atoms with van der Waals surface area (Å²) in [7, 11) is 0. The molecule has 3 rings (SSSR count). The van der Waals surface area contributed by atoms with Gasteiger partial charge in [-0.05, 0) is 32.4 Å². The van der Waals surface area contributed by atoms with Crippen LogP contribution in [-0.4, -0.2) is 78.3 Å². The van der Waals surface area contributed by atoms with Crippen LogP contribution in [0.3, 0.4) is 0 Å². The molecule has 2 heterocycles. The van der Waals surface area contributed by atoms with Gasteiger partial charge in [-0.2, -0.15) is 0 Å². The lowest BCUT2D eigenvalue weighted by Crippen LogP contribution is -2.42. The number of thioether (sulfide) groups is 1. The Morgan fingerprint density at radius 1 is 1.23 bits per heavy atom. The highest BCUT2D eigenvalue weighted by molar-refractivity contribution is 8.00. The number of nitrogens with zero attached hydrogens (tertiary/aromatic N) is 3. The summed E-state index contributed by atoms with van der Waals surface area (Å²) in [4.78, 5) is 36.0. The number of nitrogens with one attached hydrogen (secondary N) is 1. The van der Waals surface area contributed by atoms with Crippen molar-refractivity contribution in [2.24, 2.45) is 0 Å². The van der Waals surface area contributed by atoms with Gasteiger partial charge in [0.15, 0.2) is 5.13 Å². The van der Waals surface area contributed by atoms with E-state index < -0.39 is 0 Å². The summed E-state index contributed by atoms with van der Waals surface area (Å²) in [6.07, 6.45) is 0.824. The van der Waals surface area contributed by atoms with E-state index in [9.17, 15) is 9.59 Å². The van der Waals surface area contributed by atoms with Crippen LogP contribution in [0.1, 0.15) is 17.0 Å². The van der Waals surface area contributed by atoms with E-state index in [-0.39, 0.29) is 18.4 Å². The molecule has 2 aromatic rings. The zero-order valence-corrected chi connectivity index (χ0v) is 19.8. The third kappa shape index (κ3) is 7.92. The van der Waals surface area contributed by atoms with Crippen LogP contribution in [-0.2, 0) is 14.3 Å². The number of amides is 2. The summed E-state index contributed by atoms with van der Waals surface area (Å²) in [6, 6.07) is 9.84. The molecule has 1 aliphatic rings. The van der Waals surface area contributed by atoms with Crippen LogP contribution >= 0.6 is 23.1 Å². The SMILES string of the molecule is Cc1nc(NC(=O)CN(CCCN2CCOCC2)C(=O)CSc2ccccc2)sc1C. The number of rotatable bonds is 10. The molecule has 1 fully saturated rings. The highest BCUT2D eigenvalue weighted by Gasteiger charge is 2.19. The molecule has 0 aliphatic carbocycles. The monoisotopic (exact) mass is 462 g/mol. The first-order valence-corrected chi connectivity index (χ1v) is 12.3. The number of carbonyl (C=O) groups is 2. The van der Waals surface area contributed by atoms with E-state index in [0.717, 1.165) is 54.7 Å². The Bertz CT molecular complexity index is 834. The lowest BCUT2D eigenvalue weighted by Gasteiger charge is -2.28. The maximum absolute atomic E-state index is 12.9. The minimum atomic E-state index is -0.210. The predicted octanol–water partition coefficient (Wildman–Crippen LogP) is 3.04. The van der Waals surface area contributed by atoms with Crippen LogP contribution in [0.25, 0.3) is 0 Å². The average Bonchev–Trinajstić information content (AvgIpc) is 3.09. The summed E-state index contributed by atoms with van der Waals surface area (Å²) in [6.45, 7) is 8.73. The zero-order valence-electron chi connectivity index (χ0n) is 18.1. The first-order chi connectivity index (χ1) is 15.0. The van der Waals surface area contributed by atoms with Crippen molar-refractivity contribution < 1.29 is 14.3 Å². The minimum absolute atomic E-state index is 0.0301. The van der Waals surface area contributed by atoms with Gasteiger partial charge in [0.05, 0.1) is 31.2 Å². The van der Waals surface area contributed by atoms with Crippen molar-refractivity contribution in [1.29, 1.82) is 0 Å². The fraction of sp³-hybridized carbons (Fsp3) is 0.500. The normalized spacial score (nSPS) is 14.4. The van der Waals surface area contributed by atoms with E-state index in [4.69, 9.17) is 4.74 Å². The fourth-order valence-electron chi connectivity index (χ4n) is 3.21. The highest BCUT2D eigenvalue weighted by atomic mass is 32.2. The Morgan fingerprint density at radius 2 is 1.97 bits per heavy atom. The van der Waals surface area contributed by atoms with Crippen LogP contribution in [0.5, 0.6) is 0 Å². The summed E-state index contributed by atoms with van der Waals surface area (Å²) in [5.41, 5.74) is 0.915. The van der Waals surface area contributed by atoms with E-state index in [0.29, 0.717) is 17.4 Å². The molecule has 7 nitrogen and oxygen atoms in total. The molecule has 0 radical (unpaired) electrons. The molecule has 0 saturated carbocycles. The topological polar surface area (TPSA) is 74.8 Å². The maximum atomic E-state index is 12.9. The number of morpholine rings is 1. The first kappa shape index (κ1) is 23.7. The van der Waals surface area contributed by atoms with Crippen molar-refractivity contribution >= 4 is 40.0 Å². The Labute approximate surface area is 192 Å². The average molecular weight is 463 g/mol. The molecule has 1 N–H and O–H groups in total. The molecule has 1 aromatic carbocycles. The quantitative estimate of drug-likeness (QED) is 0.547. The molecule has 0 atom stereocenters. The highest BCUT2D eigenvalue weighted by Crippen LogP contribution is 2.21. The van der Waals surface area contributed by atoms with Crippen molar-refractivity contribution in [2.75, 3.05) is 57.0 Å². The number of benzene rings is 1. The van der Waals surface area contributed by atoms with Crippen LogP contribution in [0.4, 0.5) is 5.13 Å². The Hall–Kier alpha value is -1.94. The van der Waals surface area contributed by atoms with E-state index >= 15 is 0 Å². The van der Waals surface area contributed by atoms with Gasteiger partial charge in [0.1, 0.15) is 0 Å². The van der Waals surface area contributed by atoms with Gasteiger partial charge in [-0.1, -0.05) is 18.2 Å². The van der Waals surface area contributed by atoms with Gasteiger partial charge in [0.25, 0.3) is 0 Å². The number of hydrogen-bond donors (Lipinski definition) is 1. The molecular weight excluding hydrogens is 432 g/mol. The van der Waals surface area contributed by atoms with Gasteiger partial charge >= 0.3 is 0 Å². The largest absolute Gasteiger partial charge is 0.379 e. The summed E-state index contributed by atoms with van der Waals surface area (Å²) >= 11 is 2.95. The van der Waals surface area contributed by atoms with Crippen LogP contribution in [0, 0.1) is 13.8 Å². The van der Waals surface area contributed by atoms with E-state index in [1.54, 1.807) is 4.90 Å². The smallest absolute Gasteiger partial charge is 0.245 e. The lowest BCUT2D eigenvalue weighted by molar-refractivity contribution is -0.132. The Kier molecular flexibility index (Phi) is 9.32. The van der Waals surface area contributed by atoms with Crippen molar-refractivity contribution in [3.05, 3.63) is 40.9 Å². The number of aryl methyl sites for hydroxylation is 2. The number of aromatic nitrogens is 1. The van der Waals surface area contributed by atoms with E-state index in [1.807, 2.05) is 44.2 Å². The second kappa shape index (κ2) is 12.2. The van der Waals surface area contributed by atoms with E-state index in [2.05, 4.69) is 15.2 Å². The summed E-state index contributed by atoms with van der Waals surface area (Å²) < 4.78 is 5.39. The number of anilines is 1. The molecule has 1 aliphatic heterocycles. The standard InChI is InChI=1S/C22H30N4O3S2/c1-17-18(2)31-22(23-17)24-20(27)15-26(10-6-9-25-11-13-29-14-12-25)21(28)16-30-19-7-4-3-5-8-19/h3-5,7-8H,6,9-16H2,1-2H3,(H,23,24,27). The van der Waals surface area contributed by atoms with Crippen LogP contribution < -0.4 is 5.32 Å². The zero-order chi connectivity index (χ0) is 22.1. The molecule has 168 valence electrons. The molecule has 9 heteroatoms. The molecule has 31 heavy (non-hydrogen) atoms. The third-order valence-electron chi connectivity index (χ3n) is 5.07. The molecule has 0 spiro atoms. The summed E-state index contributed by atoms with van der Waals surface area (Å²) in [5, 5.41) is 3.43. The van der Waals surface area contributed by atoms with Gasteiger partial charge in [0.2, 0.25) is 11.8 Å². The third-order valence-corrected chi connectivity index (χ3v) is 7.06. The van der Waals surface area contributed by atoms with Gasteiger partial charge in [0, 0.05) is 36.0 Å². The molecule has 1 aromatic heterocycles. The molecule has 2 amide bonds. The van der Waals surface area contributed by atoms with Gasteiger partial charge in [-0.25, -0.2) is 4.98 Å². The Morgan fingerprint density at radius 3 is 2.65 bits per heavy atom. The van der Waals surface area contributed by atoms with Crippen molar-refractivity contribution in [3.8, 4) is 0 Å². The second-order valence-electron chi connectivity index (χ2n) is 7.43. The Balaban J connectivity index is 1.55. The molecule has 0 unspecified atom stereocenters. The number of ether oxygens (including phenoxy) is 1. The van der Waals surface area contributed by atoms with E-state index in [1.165, 1.54) is 23.1 Å². The molecule has 1 saturated heterocycles. The maximum Gasteiger partial charge on any atom is 0.245 e. The van der Waals surface area contributed by atoms with Gasteiger partial charge < -0.3 is 15.0 Å². The predicted molar refractivity (Wildman–Crippen MR) is 126 cm³/mol. The minimum Gasteiger partial charge on any atom is -0.379 e. The second-order valence-corrected chi connectivity index (χ2v) is 9.69.